The topological polar surface area (TPSA) is 18.5 Å². The van der Waals surface area contributed by atoms with Crippen molar-refractivity contribution in [1.29, 1.82) is 0 Å². The molecule has 4 rings (SSSR count). The summed E-state index contributed by atoms with van der Waals surface area (Å²) in [6.45, 7) is 6.26. The van der Waals surface area contributed by atoms with E-state index in [9.17, 15) is 0 Å². The van der Waals surface area contributed by atoms with Crippen molar-refractivity contribution in [2.24, 2.45) is 11.8 Å². The molecule has 0 N–H and O–H groups in total. The molecule has 2 unspecified atom stereocenters. The highest BCUT2D eigenvalue weighted by molar-refractivity contribution is 5.22. The maximum Gasteiger partial charge on any atom is 0.0838 e. The zero-order chi connectivity index (χ0) is 21.0. The van der Waals surface area contributed by atoms with Crippen molar-refractivity contribution in [3.05, 3.63) is 34.7 Å². The van der Waals surface area contributed by atoms with E-state index in [1.54, 1.807) is 0 Å². The Kier molecular flexibility index (Phi) is 10.7. The molecule has 0 aromatic heterocycles. The summed E-state index contributed by atoms with van der Waals surface area (Å²) < 4.78 is 12.3. The van der Waals surface area contributed by atoms with Gasteiger partial charge in [-0.15, -0.1) is 0 Å². The third-order valence-electron chi connectivity index (χ3n) is 7.47. The first-order valence-electron chi connectivity index (χ1n) is 13.1. The van der Waals surface area contributed by atoms with Gasteiger partial charge in [-0.25, -0.2) is 0 Å². The largest absolute Gasteiger partial charge is 0.373 e. The Labute approximate surface area is 185 Å². The van der Waals surface area contributed by atoms with Crippen molar-refractivity contribution in [3.8, 4) is 0 Å². The molecule has 3 aliphatic carbocycles. The van der Waals surface area contributed by atoms with Gasteiger partial charge in [0.05, 0.1) is 25.4 Å². The van der Waals surface area contributed by atoms with E-state index >= 15 is 0 Å². The zero-order valence-corrected chi connectivity index (χ0v) is 19.7. The number of benzene rings is 1. The van der Waals surface area contributed by atoms with Crippen LogP contribution in [0.5, 0.6) is 0 Å². The number of hydrogen-bond donors (Lipinski definition) is 0. The highest BCUT2D eigenvalue weighted by atomic mass is 16.6. The summed E-state index contributed by atoms with van der Waals surface area (Å²) in [6, 6.07) is 8.48. The number of unbranched alkanes of at least 4 members (excludes halogenated alkanes) is 6. The van der Waals surface area contributed by atoms with Crippen molar-refractivity contribution in [2.75, 3.05) is 13.2 Å². The molecule has 0 spiro atoms. The highest BCUT2D eigenvalue weighted by Gasteiger charge is 2.31. The number of hydrogen-bond acceptors (Lipinski definition) is 2. The molecular formula is C28H46O2. The lowest BCUT2D eigenvalue weighted by molar-refractivity contribution is -0.157. The third kappa shape index (κ3) is 7.68. The Morgan fingerprint density at radius 3 is 1.73 bits per heavy atom. The number of ether oxygens (including phenoxy) is 2. The minimum Gasteiger partial charge on any atom is -0.373 e. The van der Waals surface area contributed by atoms with E-state index in [0.717, 1.165) is 25.0 Å². The predicted octanol–water partition coefficient (Wildman–Crippen LogP) is 7.80. The molecule has 1 heterocycles. The van der Waals surface area contributed by atoms with Gasteiger partial charge in [0.15, 0.2) is 0 Å². The zero-order valence-electron chi connectivity index (χ0n) is 19.7. The van der Waals surface area contributed by atoms with Gasteiger partial charge in [-0.3, -0.25) is 0 Å². The van der Waals surface area contributed by atoms with Crippen LogP contribution in [0.3, 0.4) is 0 Å². The smallest absolute Gasteiger partial charge is 0.0838 e. The van der Waals surface area contributed by atoms with Gasteiger partial charge in [0.2, 0.25) is 0 Å². The van der Waals surface area contributed by atoms with Gasteiger partial charge in [-0.2, -0.15) is 0 Å². The fourth-order valence-electron chi connectivity index (χ4n) is 5.17. The van der Waals surface area contributed by atoms with E-state index < -0.39 is 0 Å². The standard InChI is InChI=1S/C22H42O2.C6H4/c1-3-5-7-9-11-19-13-15-20(16-14-19)22-18-23-21(17-24-22)12-10-8-6-4-2;1-2-6-4-3-5(1)6/h19-22H,3-18H2,1-2H3;1-4H. The van der Waals surface area contributed by atoms with Crippen molar-refractivity contribution in [2.45, 2.75) is 116 Å². The molecule has 0 aromatic carbocycles. The number of rotatable bonds is 11. The molecule has 2 heteroatoms. The molecule has 1 aliphatic heterocycles. The quantitative estimate of drug-likeness (QED) is 0.349. The molecule has 4 aliphatic rings. The third-order valence-corrected chi connectivity index (χ3v) is 7.47. The highest BCUT2D eigenvalue weighted by Crippen LogP contribution is 2.35. The molecule has 2 fully saturated rings. The Bertz CT molecular complexity index is 573. The van der Waals surface area contributed by atoms with Crippen molar-refractivity contribution in [1.82, 2.24) is 0 Å². The van der Waals surface area contributed by atoms with Crippen LogP contribution in [0.25, 0.3) is 0 Å². The average Bonchev–Trinajstić information content (AvgIpc) is 2.78. The molecule has 1 saturated heterocycles. The van der Waals surface area contributed by atoms with Crippen LogP contribution in [-0.4, -0.2) is 25.4 Å². The van der Waals surface area contributed by atoms with Crippen LogP contribution in [0.4, 0.5) is 0 Å². The molecule has 0 bridgehead atoms. The lowest BCUT2D eigenvalue weighted by Gasteiger charge is -2.38. The summed E-state index contributed by atoms with van der Waals surface area (Å²) in [5, 5.41) is 2.85. The van der Waals surface area contributed by atoms with Gasteiger partial charge in [-0.05, 0) is 41.5 Å². The van der Waals surface area contributed by atoms with E-state index in [1.807, 2.05) is 0 Å². The second-order valence-corrected chi connectivity index (χ2v) is 9.88. The Morgan fingerprint density at radius 1 is 0.667 bits per heavy atom. The van der Waals surface area contributed by atoms with Crippen LogP contribution in [-0.2, 0) is 9.47 Å². The molecule has 2 nitrogen and oxygen atoms in total. The molecular weight excluding hydrogens is 368 g/mol. The molecule has 0 radical (unpaired) electrons. The molecule has 30 heavy (non-hydrogen) atoms. The second-order valence-electron chi connectivity index (χ2n) is 9.88. The first-order chi connectivity index (χ1) is 14.8. The van der Waals surface area contributed by atoms with E-state index in [2.05, 4.69) is 38.1 Å². The van der Waals surface area contributed by atoms with Crippen molar-refractivity contribution >= 4 is 0 Å². The van der Waals surface area contributed by atoms with Crippen LogP contribution < -0.4 is 0 Å². The van der Waals surface area contributed by atoms with Gasteiger partial charge in [0.25, 0.3) is 0 Å². The maximum atomic E-state index is 6.21. The molecule has 2 atom stereocenters. The lowest BCUT2D eigenvalue weighted by Crippen LogP contribution is -2.41. The molecule has 0 amide bonds. The van der Waals surface area contributed by atoms with Crippen LogP contribution in [0.2, 0.25) is 0 Å². The van der Waals surface area contributed by atoms with Gasteiger partial charge in [0.1, 0.15) is 0 Å². The first kappa shape index (κ1) is 23.8. The van der Waals surface area contributed by atoms with Gasteiger partial charge < -0.3 is 9.47 Å². The van der Waals surface area contributed by atoms with E-state index in [4.69, 9.17) is 9.47 Å². The summed E-state index contributed by atoms with van der Waals surface area (Å²) in [7, 11) is 0. The molecule has 170 valence electrons. The fourth-order valence-corrected chi connectivity index (χ4v) is 5.17. The monoisotopic (exact) mass is 414 g/mol. The van der Waals surface area contributed by atoms with Crippen LogP contribution >= 0.6 is 0 Å². The van der Waals surface area contributed by atoms with Gasteiger partial charge in [0, 0.05) is 0 Å². The average molecular weight is 415 g/mol. The Balaban J connectivity index is 0.000000357. The van der Waals surface area contributed by atoms with Crippen molar-refractivity contribution < 1.29 is 9.47 Å². The normalized spacial score (nSPS) is 27.3. The van der Waals surface area contributed by atoms with Gasteiger partial charge in [-0.1, -0.05) is 109 Å². The Morgan fingerprint density at radius 2 is 1.27 bits per heavy atom. The van der Waals surface area contributed by atoms with Crippen LogP contribution in [0.1, 0.15) is 104 Å². The van der Waals surface area contributed by atoms with Gasteiger partial charge >= 0.3 is 0 Å². The minimum absolute atomic E-state index is 0.369. The fraction of sp³-hybridized carbons (Fsp3) is 0.786. The van der Waals surface area contributed by atoms with Crippen LogP contribution in [0.15, 0.2) is 24.3 Å². The van der Waals surface area contributed by atoms with E-state index in [-0.39, 0.29) is 0 Å². The Hall–Kier alpha value is -0.860. The minimum atomic E-state index is 0.369. The molecule has 1 saturated carbocycles. The predicted molar refractivity (Wildman–Crippen MR) is 127 cm³/mol. The lowest BCUT2D eigenvalue weighted by atomic mass is 9.77. The summed E-state index contributed by atoms with van der Waals surface area (Å²) in [4.78, 5) is 0. The summed E-state index contributed by atoms with van der Waals surface area (Å²) in [5.74, 6) is 1.76. The molecule has 0 aromatic rings. The summed E-state index contributed by atoms with van der Waals surface area (Å²) in [5.41, 5.74) is 0. The first-order valence-corrected chi connectivity index (χ1v) is 13.1. The van der Waals surface area contributed by atoms with Crippen LogP contribution in [0, 0.1) is 22.3 Å². The van der Waals surface area contributed by atoms with E-state index in [1.165, 1.54) is 100 Å². The summed E-state index contributed by atoms with van der Waals surface area (Å²) in [6.07, 6.45) is 20.0. The SMILES string of the molecule is CCCCCCC1CCC(C2COC(CCCCCC)CO2)CC1.c1cc2ccc1=2. The van der Waals surface area contributed by atoms with Crippen molar-refractivity contribution in [3.63, 3.8) is 0 Å². The maximum absolute atomic E-state index is 6.21. The van der Waals surface area contributed by atoms with E-state index in [0.29, 0.717) is 12.2 Å². The second kappa shape index (κ2) is 13.5. The summed E-state index contributed by atoms with van der Waals surface area (Å²) >= 11 is 0.